The first-order valence-electron chi connectivity index (χ1n) is 21.6. The molecule has 0 unspecified atom stereocenters. The number of hydrogen-bond acceptors (Lipinski definition) is 7. The van der Waals surface area contributed by atoms with Crippen molar-refractivity contribution in [1.82, 2.24) is 15.1 Å². The van der Waals surface area contributed by atoms with Crippen LogP contribution in [0.5, 0.6) is 5.75 Å². The van der Waals surface area contributed by atoms with E-state index in [9.17, 15) is 14.7 Å². The number of rotatable bonds is 9. The number of phenols is 1. The molecule has 4 aromatic carbocycles. The summed E-state index contributed by atoms with van der Waals surface area (Å²) in [5.41, 5.74) is 8.76. The number of aromatic hydroxyl groups is 1. The van der Waals surface area contributed by atoms with E-state index in [0.29, 0.717) is 24.6 Å². The van der Waals surface area contributed by atoms with Crippen LogP contribution in [0.15, 0.2) is 97.1 Å². The summed E-state index contributed by atoms with van der Waals surface area (Å²) in [5.74, 6) is 2.40. The van der Waals surface area contributed by atoms with Crippen LogP contribution in [0, 0.1) is 11.8 Å². The number of nitrogens with zero attached hydrogens (tertiary/aromatic N) is 5. The maximum atomic E-state index is 12.3. The molecule has 4 fully saturated rings. The van der Waals surface area contributed by atoms with Crippen molar-refractivity contribution in [2.24, 2.45) is 11.8 Å². The molecule has 0 bridgehead atoms. The molecule has 9 nitrogen and oxygen atoms in total. The molecule has 2 aliphatic carbocycles. The van der Waals surface area contributed by atoms with Gasteiger partial charge in [-0.25, -0.2) is 4.79 Å². The second-order valence-electron chi connectivity index (χ2n) is 17.2. The van der Waals surface area contributed by atoms with Crippen molar-refractivity contribution < 1.29 is 14.7 Å². The van der Waals surface area contributed by atoms with Crippen molar-refractivity contribution >= 4 is 29.0 Å². The number of piperazine rings is 2. The molecule has 3 heterocycles. The van der Waals surface area contributed by atoms with E-state index in [-0.39, 0.29) is 17.9 Å². The van der Waals surface area contributed by atoms with Crippen LogP contribution in [-0.4, -0.2) is 98.8 Å². The molecule has 0 radical (unpaired) electrons. The molecule has 9 rings (SSSR count). The smallest absolute Gasteiger partial charge is 0.328 e. The molecule has 2 N–H and O–H groups in total. The van der Waals surface area contributed by atoms with Crippen molar-refractivity contribution in [2.75, 3.05) is 86.7 Å². The second-order valence-corrected chi connectivity index (χ2v) is 17.2. The van der Waals surface area contributed by atoms with Gasteiger partial charge >= 0.3 is 6.03 Å². The Morgan fingerprint density at radius 3 is 1.75 bits per heavy atom. The van der Waals surface area contributed by atoms with Crippen LogP contribution in [0.25, 0.3) is 0 Å². The van der Waals surface area contributed by atoms with E-state index in [1.165, 1.54) is 72.4 Å². The van der Waals surface area contributed by atoms with Gasteiger partial charge in [0, 0.05) is 101 Å². The fourth-order valence-electron chi connectivity index (χ4n) is 10.6. The minimum atomic E-state index is -0.333. The van der Waals surface area contributed by atoms with Crippen LogP contribution in [0.2, 0.25) is 0 Å². The molecule has 0 spiro atoms. The summed E-state index contributed by atoms with van der Waals surface area (Å²) >= 11 is 0. The number of anilines is 3. The van der Waals surface area contributed by atoms with E-state index in [2.05, 4.69) is 97.7 Å². The molecule has 57 heavy (non-hydrogen) atoms. The number of hydrogen-bond donors (Lipinski definition) is 2. The number of benzene rings is 4. The van der Waals surface area contributed by atoms with Crippen LogP contribution in [0.3, 0.4) is 0 Å². The fourth-order valence-corrected chi connectivity index (χ4v) is 10.6. The van der Waals surface area contributed by atoms with Gasteiger partial charge in [0.25, 0.3) is 0 Å². The second kappa shape index (κ2) is 16.9. The summed E-state index contributed by atoms with van der Waals surface area (Å²) in [6.07, 6.45) is 7.85. The van der Waals surface area contributed by atoms with E-state index in [4.69, 9.17) is 0 Å². The summed E-state index contributed by atoms with van der Waals surface area (Å²) in [6.45, 7) is 11.5. The van der Waals surface area contributed by atoms with Crippen LogP contribution in [-0.2, 0) is 11.2 Å². The molecule has 3 amide bonds. The zero-order chi connectivity index (χ0) is 38.7. The Balaban J connectivity index is 0.768. The molecule has 4 atom stereocenters. The first-order valence-corrected chi connectivity index (χ1v) is 21.6. The number of carbonyl (C=O) groups excluding carboxylic acids is 2. The van der Waals surface area contributed by atoms with Gasteiger partial charge in [-0.3, -0.25) is 24.8 Å². The van der Waals surface area contributed by atoms with E-state index in [0.717, 1.165) is 82.7 Å². The van der Waals surface area contributed by atoms with E-state index in [1.54, 1.807) is 4.90 Å². The van der Waals surface area contributed by atoms with Gasteiger partial charge in [0.15, 0.2) is 0 Å². The number of phenolic OH excluding ortho intramolecular Hbond substituents is 1. The summed E-state index contributed by atoms with van der Waals surface area (Å²) in [4.78, 5) is 36.0. The Labute approximate surface area is 338 Å². The Hall–Kier alpha value is -4.86. The molecular formula is C48H58N6O3. The maximum Gasteiger partial charge on any atom is 0.328 e. The van der Waals surface area contributed by atoms with Gasteiger partial charge in [-0.2, -0.15) is 0 Å². The number of aryl methyl sites for hydroxylation is 1. The number of fused-ring (bicyclic) bond motifs is 1. The van der Waals surface area contributed by atoms with Crippen molar-refractivity contribution in [3.8, 4) is 5.75 Å². The molecular weight excluding hydrogens is 709 g/mol. The Morgan fingerprint density at radius 1 is 0.579 bits per heavy atom. The summed E-state index contributed by atoms with van der Waals surface area (Å²) < 4.78 is 0. The quantitative estimate of drug-likeness (QED) is 0.183. The van der Waals surface area contributed by atoms with Crippen LogP contribution in [0.1, 0.15) is 72.6 Å². The lowest BCUT2D eigenvalue weighted by Crippen LogP contribution is -2.51. The maximum absolute atomic E-state index is 12.3. The lowest BCUT2D eigenvalue weighted by molar-refractivity contribution is -0.120. The number of carbonyl (C=O) groups is 2. The van der Waals surface area contributed by atoms with Crippen LogP contribution >= 0.6 is 0 Å². The number of nitrogens with one attached hydrogen (secondary N) is 1. The molecule has 4 aromatic rings. The van der Waals surface area contributed by atoms with Crippen molar-refractivity contribution in [3.05, 3.63) is 119 Å². The molecule has 3 aliphatic heterocycles. The summed E-state index contributed by atoms with van der Waals surface area (Å²) in [6, 6.07) is 34.3. The van der Waals surface area contributed by atoms with Gasteiger partial charge in [-0.1, -0.05) is 61.4 Å². The predicted molar refractivity (Wildman–Crippen MR) is 229 cm³/mol. The van der Waals surface area contributed by atoms with Crippen molar-refractivity contribution in [2.45, 2.75) is 56.8 Å². The Morgan fingerprint density at radius 2 is 1.16 bits per heavy atom. The lowest BCUT2D eigenvalue weighted by atomic mass is 9.69. The van der Waals surface area contributed by atoms with Gasteiger partial charge in [0.2, 0.25) is 5.91 Å². The average molecular weight is 767 g/mol. The summed E-state index contributed by atoms with van der Waals surface area (Å²) in [5, 5.41) is 12.7. The molecule has 9 heteroatoms. The monoisotopic (exact) mass is 766 g/mol. The van der Waals surface area contributed by atoms with Gasteiger partial charge in [-0.15, -0.1) is 0 Å². The average Bonchev–Trinajstić information content (AvgIpc) is 3.25. The SMILES string of the molecule is O=C1CCN(c2ccc(N3CCN(C[C@@H]4CCCC[C@H]4CN4CCN(c5ccc([C@@H]6c7ccc(O)cc7CC[C@@H]6c6ccccc6)cc5)CC4)CC3)cc2)C(=O)N1. The zero-order valence-corrected chi connectivity index (χ0v) is 33.3. The summed E-state index contributed by atoms with van der Waals surface area (Å²) in [7, 11) is 0. The first-order chi connectivity index (χ1) is 27.9. The third-order valence-corrected chi connectivity index (χ3v) is 13.8. The van der Waals surface area contributed by atoms with E-state index >= 15 is 0 Å². The highest BCUT2D eigenvalue weighted by molar-refractivity contribution is 6.05. The minimum Gasteiger partial charge on any atom is -0.508 e. The highest BCUT2D eigenvalue weighted by Crippen LogP contribution is 2.47. The lowest BCUT2D eigenvalue weighted by Gasteiger charge is -2.43. The van der Waals surface area contributed by atoms with Gasteiger partial charge in [0.05, 0.1) is 0 Å². The topological polar surface area (TPSA) is 82.6 Å². The Bertz CT molecular complexity index is 1990. The fraction of sp³-hybridized carbons (Fsp3) is 0.458. The standard InChI is InChI=1S/C48H58N6O3/c55-43-19-21-45-37(32-43)12-20-44(35-6-2-1-3-7-35)47(45)36-10-13-40(14-11-36)52-28-24-50(25-29-52)33-38-8-4-5-9-39(38)34-51-26-30-53(31-27-51)41-15-17-42(18-16-41)54-23-22-46(56)49-48(54)57/h1-3,6-7,10-11,13-19,21,32,38-39,44,47,55H,4-5,8-9,12,20,22-31,33-34H2,(H,49,56,57)/t38-,39-,44+,47-/m0/s1. The highest BCUT2D eigenvalue weighted by Gasteiger charge is 2.34. The van der Waals surface area contributed by atoms with Crippen molar-refractivity contribution in [3.63, 3.8) is 0 Å². The molecule has 3 saturated heterocycles. The normalized spacial score (nSPS) is 24.9. The van der Waals surface area contributed by atoms with Gasteiger partial charge in [-0.05, 0) is 114 Å². The molecule has 298 valence electrons. The van der Waals surface area contributed by atoms with E-state index in [1.807, 2.05) is 24.3 Å². The van der Waals surface area contributed by atoms with Crippen LogP contribution in [0.4, 0.5) is 21.9 Å². The number of imide groups is 1. The van der Waals surface area contributed by atoms with Crippen molar-refractivity contribution in [1.29, 1.82) is 0 Å². The third-order valence-electron chi connectivity index (χ3n) is 13.8. The van der Waals surface area contributed by atoms with Gasteiger partial charge in [0.1, 0.15) is 5.75 Å². The number of amides is 3. The number of urea groups is 1. The van der Waals surface area contributed by atoms with Crippen LogP contribution < -0.4 is 20.0 Å². The zero-order valence-electron chi connectivity index (χ0n) is 33.3. The predicted octanol–water partition coefficient (Wildman–Crippen LogP) is 7.45. The highest BCUT2D eigenvalue weighted by atomic mass is 16.3. The Kier molecular flexibility index (Phi) is 11.2. The first kappa shape index (κ1) is 37.7. The van der Waals surface area contributed by atoms with Gasteiger partial charge < -0.3 is 14.9 Å². The molecule has 0 aromatic heterocycles. The van der Waals surface area contributed by atoms with E-state index < -0.39 is 0 Å². The largest absolute Gasteiger partial charge is 0.508 e. The molecule has 5 aliphatic rings. The third kappa shape index (κ3) is 8.42. The minimum absolute atomic E-state index is 0.203. The molecule has 1 saturated carbocycles.